The summed E-state index contributed by atoms with van der Waals surface area (Å²) in [5.74, 6) is 2.77. The van der Waals surface area contributed by atoms with Gasteiger partial charge in [-0.05, 0) is 49.7 Å². The number of hydrogen-bond acceptors (Lipinski definition) is 5. The molecule has 146 valence electrons. The van der Waals surface area contributed by atoms with E-state index in [0.717, 1.165) is 61.9 Å². The Morgan fingerprint density at radius 1 is 1.15 bits per heavy atom. The molecule has 2 aliphatic heterocycles. The van der Waals surface area contributed by atoms with Crippen LogP contribution in [0.5, 0.6) is 0 Å². The summed E-state index contributed by atoms with van der Waals surface area (Å²) in [4.78, 5) is 2.42. The van der Waals surface area contributed by atoms with Crippen molar-refractivity contribution in [3.63, 3.8) is 0 Å². The summed E-state index contributed by atoms with van der Waals surface area (Å²) >= 11 is 1.79. The molecule has 1 atom stereocenters. The molecule has 1 unspecified atom stereocenters. The van der Waals surface area contributed by atoms with Gasteiger partial charge in [-0.25, -0.2) is 0 Å². The van der Waals surface area contributed by atoms with Gasteiger partial charge in [0.05, 0.1) is 12.6 Å². The molecule has 2 aromatic rings. The summed E-state index contributed by atoms with van der Waals surface area (Å²) in [6.07, 6.45) is 5.06. The maximum absolute atomic E-state index is 5.92. The number of nitrogens with zero attached hydrogens (tertiary/aromatic N) is 4. The lowest BCUT2D eigenvalue weighted by molar-refractivity contribution is 0.0951. The molecule has 3 heterocycles. The number of hydrogen-bond donors (Lipinski definition) is 0. The van der Waals surface area contributed by atoms with Gasteiger partial charge in [0.25, 0.3) is 0 Å². The number of piperidine rings is 1. The number of rotatable bonds is 6. The van der Waals surface area contributed by atoms with E-state index >= 15 is 0 Å². The molecule has 6 heteroatoms. The van der Waals surface area contributed by atoms with Crippen molar-refractivity contribution >= 4 is 17.7 Å². The van der Waals surface area contributed by atoms with Crippen molar-refractivity contribution in [3.05, 3.63) is 35.4 Å². The van der Waals surface area contributed by atoms with Gasteiger partial charge in [0.15, 0.2) is 5.16 Å². The largest absolute Gasteiger partial charge is 0.376 e. The molecular weight excluding hydrogens is 356 g/mol. The second kappa shape index (κ2) is 8.65. The Kier molecular flexibility index (Phi) is 6.03. The molecule has 5 nitrogen and oxygen atoms in total. The van der Waals surface area contributed by atoms with Crippen LogP contribution in [-0.4, -0.2) is 40.6 Å². The molecule has 2 fully saturated rings. The van der Waals surface area contributed by atoms with Crippen LogP contribution in [0.2, 0.25) is 0 Å². The number of ether oxygens (including phenoxy) is 1. The fourth-order valence-electron chi connectivity index (χ4n) is 3.90. The van der Waals surface area contributed by atoms with E-state index in [1.807, 2.05) is 0 Å². The van der Waals surface area contributed by atoms with Gasteiger partial charge in [0.1, 0.15) is 0 Å². The smallest absolute Gasteiger partial charge is 0.228 e. The van der Waals surface area contributed by atoms with Crippen LogP contribution in [0.25, 0.3) is 0 Å². The highest BCUT2D eigenvalue weighted by molar-refractivity contribution is 7.98. The van der Waals surface area contributed by atoms with Crippen LogP contribution >= 0.6 is 11.8 Å². The first-order valence-electron chi connectivity index (χ1n) is 10.2. The van der Waals surface area contributed by atoms with Gasteiger partial charge in [-0.3, -0.25) is 4.57 Å². The molecule has 2 aliphatic rings. The zero-order valence-electron chi connectivity index (χ0n) is 16.4. The Balaban J connectivity index is 1.53. The van der Waals surface area contributed by atoms with E-state index in [1.165, 1.54) is 24.0 Å². The molecule has 27 heavy (non-hydrogen) atoms. The average molecular weight is 387 g/mol. The van der Waals surface area contributed by atoms with Crippen LogP contribution in [0.3, 0.4) is 0 Å². The van der Waals surface area contributed by atoms with Gasteiger partial charge in [0, 0.05) is 25.4 Å². The third kappa shape index (κ3) is 4.49. The van der Waals surface area contributed by atoms with Gasteiger partial charge < -0.3 is 9.64 Å². The van der Waals surface area contributed by atoms with Gasteiger partial charge in [-0.15, -0.1) is 10.2 Å². The zero-order valence-corrected chi connectivity index (χ0v) is 17.2. The van der Waals surface area contributed by atoms with Crippen molar-refractivity contribution in [2.75, 3.05) is 24.6 Å². The molecule has 0 radical (unpaired) electrons. The topological polar surface area (TPSA) is 43.2 Å². The van der Waals surface area contributed by atoms with Crippen LogP contribution < -0.4 is 4.90 Å². The molecular formula is C21H30N4OS. The Labute approximate surface area is 166 Å². The fraction of sp³-hybridized carbons (Fsp3) is 0.619. The van der Waals surface area contributed by atoms with Gasteiger partial charge >= 0.3 is 0 Å². The fourth-order valence-corrected chi connectivity index (χ4v) is 4.92. The molecule has 2 saturated heterocycles. The van der Waals surface area contributed by atoms with E-state index in [0.29, 0.717) is 6.10 Å². The number of thioether (sulfide) groups is 1. The maximum atomic E-state index is 5.92. The van der Waals surface area contributed by atoms with Crippen molar-refractivity contribution < 1.29 is 4.74 Å². The first kappa shape index (κ1) is 18.8. The highest BCUT2D eigenvalue weighted by Crippen LogP contribution is 2.30. The first-order valence-corrected chi connectivity index (χ1v) is 11.2. The lowest BCUT2D eigenvalue weighted by Gasteiger charge is -2.31. The van der Waals surface area contributed by atoms with E-state index in [4.69, 9.17) is 4.74 Å². The molecule has 0 amide bonds. The molecule has 0 bridgehead atoms. The Hall–Kier alpha value is -1.53. The van der Waals surface area contributed by atoms with E-state index in [9.17, 15) is 0 Å². The summed E-state index contributed by atoms with van der Waals surface area (Å²) in [6.45, 7) is 8.42. The predicted octanol–water partition coefficient (Wildman–Crippen LogP) is 4.29. The second-order valence-corrected chi connectivity index (χ2v) is 8.86. The van der Waals surface area contributed by atoms with Crippen molar-refractivity contribution in [1.82, 2.24) is 14.8 Å². The minimum absolute atomic E-state index is 0.293. The van der Waals surface area contributed by atoms with Crippen LogP contribution in [-0.2, 0) is 17.0 Å². The first-order chi connectivity index (χ1) is 13.2. The monoisotopic (exact) mass is 386 g/mol. The van der Waals surface area contributed by atoms with Crippen LogP contribution in [0.15, 0.2) is 29.4 Å². The van der Waals surface area contributed by atoms with Crippen molar-refractivity contribution in [2.24, 2.45) is 5.92 Å². The minimum atomic E-state index is 0.293. The Bertz CT molecular complexity index is 748. The molecule has 1 aromatic carbocycles. The summed E-state index contributed by atoms with van der Waals surface area (Å²) in [6, 6.07) is 8.59. The van der Waals surface area contributed by atoms with Crippen LogP contribution in [0.4, 0.5) is 5.95 Å². The SMILES string of the molecule is Cc1ccccc1CSc1nnc(N2CCC(C)CC2)n1CC1CCCO1. The minimum Gasteiger partial charge on any atom is -0.376 e. The number of aromatic nitrogens is 3. The van der Waals surface area contributed by atoms with E-state index in [1.54, 1.807) is 11.8 Å². The van der Waals surface area contributed by atoms with Crippen LogP contribution in [0, 0.1) is 12.8 Å². The van der Waals surface area contributed by atoms with Gasteiger partial charge in [0.2, 0.25) is 5.95 Å². The molecule has 0 saturated carbocycles. The molecule has 1 aromatic heterocycles. The third-order valence-corrected chi connectivity index (χ3v) is 6.81. The maximum Gasteiger partial charge on any atom is 0.228 e. The predicted molar refractivity (Wildman–Crippen MR) is 110 cm³/mol. The second-order valence-electron chi connectivity index (χ2n) is 7.91. The van der Waals surface area contributed by atoms with Gasteiger partial charge in [-0.2, -0.15) is 0 Å². The molecule has 0 N–H and O–H groups in total. The van der Waals surface area contributed by atoms with E-state index in [2.05, 4.69) is 57.8 Å². The summed E-state index contributed by atoms with van der Waals surface area (Å²) in [5, 5.41) is 10.2. The van der Waals surface area contributed by atoms with Crippen molar-refractivity contribution in [1.29, 1.82) is 0 Å². The number of anilines is 1. The quantitative estimate of drug-likeness (QED) is 0.693. The standard InChI is InChI=1S/C21H30N4OS/c1-16-9-11-24(12-10-16)20-22-23-21(25(20)14-19-8-5-13-26-19)27-15-18-7-4-3-6-17(18)2/h3-4,6-7,16,19H,5,8-15H2,1-2H3. The molecule has 4 rings (SSSR count). The van der Waals surface area contributed by atoms with Crippen molar-refractivity contribution in [2.45, 2.75) is 63.1 Å². The zero-order chi connectivity index (χ0) is 18.6. The lowest BCUT2D eigenvalue weighted by atomic mass is 10.00. The van der Waals surface area contributed by atoms with Gasteiger partial charge in [-0.1, -0.05) is 43.0 Å². The Morgan fingerprint density at radius 3 is 2.70 bits per heavy atom. The summed E-state index contributed by atoms with van der Waals surface area (Å²) in [7, 11) is 0. The Morgan fingerprint density at radius 2 is 1.96 bits per heavy atom. The van der Waals surface area contributed by atoms with Crippen molar-refractivity contribution in [3.8, 4) is 0 Å². The normalized spacial score (nSPS) is 21.1. The summed E-state index contributed by atoms with van der Waals surface area (Å²) in [5.41, 5.74) is 2.70. The van der Waals surface area contributed by atoms with E-state index < -0.39 is 0 Å². The molecule has 0 aliphatic carbocycles. The summed E-state index contributed by atoms with van der Waals surface area (Å²) < 4.78 is 8.23. The third-order valence-electron chi connectivity index (χ3n) is 5.79. The lowest BCUT2D eigenvalue weighted by Crippen LogP contribution is -2.35. The highest BCUT2D eigenvalue weighted by atomic mass is 32.2. The van der Waals surface area contributed by atoms with E-state index in [-0.39, 0.29) is 0 Å². The number of aryl methyl sites for hydroxylation is 1. The average Bonchev–Trinajstić information content (AvgIpc) is 3.33. The highest BCUT2D eigenvalue weighted by Gasteiger charge is 2.26. The molecule has 0 spiro atoms. The number of benzene rings is 1. The van der Waals surface area contributed by atoms with Crippen LogP contribution in [0.1, 0.15) is 43.7 Å².